The van der Waals surface area contributed by atoms with E-state index in [2.05, 4.69) is 18.7 Å². The molecule has 2 heteroatoms. The molecule has 1 saturated heterocycles. The third kappa shape index (κ3) is 3.27. The van der Waals surface area contributed by atoms with Crippen molar-refractivity contribution < 1.29 is 0 Å². The second kappa shape index (κ2) is 6.91. The minimum atomic E-state index is 0.653. The lowest BCUT2D eigenvalue weighted by atomic mass is 9.81. The topological polar surface area (TPSA) is 29.3 Å². The van der Waals surface area contributed by atoms with Crippen LogP contribution in [0, 0.1) is 11.8 Å². The number of piperidine rings is 1. The molecule has 1 heterocycles. The normalized spacial score (nSPS) is 33.5. The van der Waals surface area contributed by atoms with Crippen LogP contribution in [0.1, 0.15) is 65.2 Å². The standard InChI is InChI=1S/C16H32N2/c1-3-14-9-10-18(16(11-14)12-17)13(2)15-7-5-4-6-8-15/h13-16H,3-12,17H2,1-2H3. The van der Waals surface area contributed by atoms with Crippen LogP contribution < -0.4 is 5.73 Å². The van der Waals surface area contributed by atoms with Crippen LogP contribution in [0.15, 0.2) is 0 Å². The van der Waals surface area contributed by atoms with E-state index in [1.54, 1.807) is 0 Å². The van der Waals surface area contributed by atoms with Crippen LogP contribution in [0.3, 0.4) is 0 Å². The van der Waals surface area contributed by atoms with Crippen molar-refractivity contribution in [3.63, 3.8) is 0 Å². The van der Waals surface area contributed by atoms with Gasteiger partial charge in [0, 0.05) is 18.6 Å². The fraction of sp³-hybridized carbons (Fsp3) is 1.00. The summed E-state index contributed by atoms with van der Waals surface area (Å²) >= 11 is 0. The highest BCUT2D eigenvalue weighted by Crippen LogP contribution is 2.33. The van der Waals surface area contributed by atoms with Gasteiger partial charge >= 0.3 is 0 Å². The molecule has 0 amide bonds. The van der Waals surface area contributed by atoms with E-state index >= 15 is 0 Å². The molecule has 1 aliphatic carbocycles. The summed E-state index contributed by atoms with van der Waals surface area (Å²) in [5.74, 6) is 1.86. The summed E-state index contributed by atoms with van der Waals surface area (Å²) in [7, 11) is 0. The third-order valence-electron chi connectivity index (χ3n) is 5.57. The molecule has 0 bridgehead atoms. The zero-order chi connectivity index (χ0) is 13.0. The van der Waals surface area contributed by atoms with E-state index in [1.807, 2.05) is 0 Å². The Kier molecular flexibility index (Phi) is 5.50. The maximum atomic E-state index is 6.04. The van der Waals surface area contributed by atoms with Crippen LogP contribution in [0.4, 0.5) is 0 Å². The Morgan fingerprint density at radius 3 is 2.50 bits per heavy atom. The molecule has 2 fully saturated rings. The highest BCUT2D eigenvalue weighted by molar-refractivity contribution is 4.88. The summed E-state index contributed by atoms with van der Waals surface area (Å²) in [6.07, 6.45) is 11.3. The van der Waals surface area contributed by atoms with Crippen LogP contribution in [-0.2, 0) is 0 Å². The molecule has 2 rings (SSSR count). The summed E-state index contributed by atoms with van der Waals surface area (Å²) in [6, 6.07) is 1.41. The number of hydrogen-bond donors (Lipinski definition) is 1. The van der Waals surface area contributed by atoms with Crippen molar-refractivity contribution in [1.29, 1.82) is 0 Å². The van der Waals surface area contributed by atoms with Gasteiger partial charge in [-0.1, -0.05) is 32.6 Å². The number of nitrogens with two attached hydrogens (primary N) is 1. The molecule has 0 aromatic rings. The van der Waals surface area contributed by atoms with Gasteiger partial charge in [-0.05, 0) is 51.0 Å². The van der Waals surface area contributed by atoms with Gasteiger partial charge in [-0.15, -0.1) is 0 Å². The summed E-state index contributed by atoms with van der Waals surface area (Å²) in [5, 5.41) is 0. The third-order valence-corrected chi connectivity index (χ3v) is 5.57. The molecule has 0 aromatic heterocycles. The Morgan fingerprint density at radius 2 is 1.89 bits per heavy atom. The zero-order valence-electron chi connectivity index (χ0n) is 12.4. The number of likely N-dealkylation sites (tertiary alicyclic amines) is 1. The maximum Gasteiger partial charge on any atom is 0.0223 e. The molecule has 2 nitrogen and oxygen atoms in total. The largest absolute Gasteiger partial charge is 0.329 e. The molecule has 3 unspecified atom stereocenters. The van der Waals surface area contributed by atoms with Gasteiger partial charge < -0.3 is 5.73 Å². The first kappa shape index (κ1) is 14.3. The molecule has 2 N–H and O–H groups in total. The van der Waals surface area contributed by atoms with Gasteiger partial charge in [-0.25, -0.2) is 0 Å². The second-order valence-corrected chi connectivity index (χ2v) is 6.56. The van der Waals surface area contributed by atoms with Gasteiger partial charge in [-0.3, -0.25) is 4.90 Å². The van der Waals surface area contributed by atoms with E-state index in [9.17, 15) is 0 Å². The predicted molar refractivity (Wildman–Crippen MR) is 78.6 cm³/mol. The zero-order valence-corrected chi connectivity index (χ0v) is 12.4. The van der Waals surface area contributed by atoms with Gasteiger partial charge in [0.2, 0.25) is 0 Å². The summed E-state index contributed by atoms with van der Waals surface area (Å²) < 4.78 is 0. The van der Waals surface area contributed by atoms with Crippen molar-refractivity contribution in [2.24, 2.45) is 17.6 Å². The highest BCUT2D eigenvalue weighted by atomic mass is 15.2. The van der Waals surface area contributed by atoms with Crippen LogP contribution >= 0.6 is 0 Å². The van der Waals surface area contributed by atoms with E-state index in [0.717, 1.165) is 24.4 Å². The molecule has 106 valence electrons. The minimum absolute atomic E-state index is 0.653. The lowest BCUT2D eigenvalue weighted by Gasteiger charge is -2.45. The van der Waals surface area contributed by atoms with E-state index in [1.165, 1.54) is 57.9 Å². The molecule has 3 atom stereocenters. The van der Waals surface area contributed by atoms with Crippen LogP contribution in [0.25, 0.3) is 0 Å². The Morgan fingerprint density at radius 1 is 1.17 bits per heavy atom. The molecule has 0 radical (unpaired) electrons. The Labute approximate surface area is 113 Å². The SMILES string of the molecule is CCC1CCN(C(C)C2CCCCC2)C(CN)C1. The number of hydrogen-bond acceptors (Lipinski definition) is 2. The van der Waals surface area contributed by atoms with E-state index in [4.69, 9.17) is 5.73 Å². The minimum Gasteiger partial charge on any atom is -0.329 e. The molecule has 1 saturated carbocycles. The average Bonchev–Trinajstić information content (AvgIpc) is 2.46. The number of nitrogens with zero attached hydrogens (tertiary/aromatic N) is 1. The highest BCUT2D eigenvalue weighted by Gasteiger charge is 2.33. The molecular formula is C16H32N2. The molecule has 0 aromatic carbocycles. The lowest BCUT2D eigenvalue weighted by molar-refractivity contribution is 0.0411. The summed E-state index contributed by atoms with van der Waals surface area (Å²) in [5.41, 5.74) is 6.04. The lowest BCUT2D eigenvalue weighted by Crippen LogP contribution is -2.52. The second-order valence-electron chi connectivity index (χ2n) is 6.56. The first-order valence-corrected chi connectivity index (χ1v) is 8.22. The van der Waals surface area contributed by atoms with Crippen molar-refractivity contribution >= 4 is 0 Å². The van der Waals surface area contributed by atoms with Crippen LogP contribution in [-0.4, -0.2) is 30.1 Å². The van der Waals surface area contributed by atoms with Crippen molar-refractivity contribution in [2.75, 3.05) is 13.1 Å². The van der Waals surface area contributed by atoms with Crippen LogP contribution in [0.5, 0.6) is 0 Å². The quantitative estimate of drug-likeness (QED) is 0.831. The van der Waals surface area contributed by atoms with Crippen LogP contribution in [0.2, 0.25) is 0 Å². The molecule has 0 spiro atoms. The van der Waals surface area contributed by atoms with Gasteiger partial charge in [0.05, 0.1) is 0 Å². The predicted octanol–water partition coefficient (Wildman–Crippen LogP) is 3.40. The molecule has 18 heavy (non-hydrogen) atoms. The Bertz CT molecular complexity index is 235. The Balaban J connectivity index is 1.93. The fourth-order valence-corrected chi connectivity index (χ4v) is 4.18. The smallest absolute Gasteiger partial charge is 0.0223 e. The van der Waals surface area contributed by atoms with Crippen molar-refractivity contribution in [3.05, 3.63) is 0 Å². The van der Waals surface area contributed by atoms with Gasteiger partial charge in [-0.2, -0.15) is 0 Å². The first-order chi connectivity index (χ1) is 8.76. The number of rotatable bonds is 4. The van der Waals surface area contributed by atoms with Gasteiger partial charge in [0.15, 0.2) is 0 Å². The maximum absolute atomic E-state index is 6.04. The van der Waals surface area contributed by atoms with E-state index < -0.39 is 0 Å². The molecule has 2 aliphatic rings. The summed E-state index contributed by atoms with van der Waals surface area (Å²) in [6.45, 7) is 6.94. The molecular weight excluding hydrogens is 220 g/mol. The van der Waals surface area contributed by atoms with Crippen molar-refractivity contribution in [2.45, 2.75) is 77.3 Å². The van der Waals surface area contributed by atoms with Gasteiger partial charge in [0.25, 0.3) is 0 Å². The van der Waals surface area contributed by atoms with E-state index in [-0.39, 0.29) is 0 Å². The van der Waals surface area contributed by atoms with E-state index in [0.29, 0.717) is 6.04 Å². The first-order valence-electron chi connectivity index (χ1n) is 8.22. The fourth-order valence-electron chi connectivity index (χ4n) is 4.18. The average molecular weight is 252 g/mol. The monoisotopic (exact) mass is 252 g/mol. The van der Waals surface area contributed by atoms with Crippen molar-refractivity contribution in [1.82, 2.24) is 4.90 Å². The van der Waals surface area contributed by atoms with Gasteiger partial charge in [0.1, 0.15) is 0 Å². The summed E-state index contributed by atoms with van der Waals surface area (Å²) in [4.78, 5) is 2.75. The van der Waals surface area contributed by atoms with Crippen molar-refractivity contribution in [3.8, 4) is 0 Å². The Hall–Kier alpha value is -0.0800. The molecule has 1 aliphatic heterocycles.